The molecule has 0 N–H and O–H groups in total. The van der Waals surface area contributed by atoms with Gasteiger partial charge >= 0.3 is 0 Å². The van der Waals surface area contributed by atoms with Crippen molar-refractivity contribution in [2.45, 2.75) is 6.42 Å². The number of carbonyl (C=O) groups excluding carboxylic acids is 1. The average molecular weight is 301 g/mol. The number of benzene rings is 2. The molecule has 0 radical (unpaired) electrons. The summed E-state index contributed by atoms with van der Waals surface area (Å²) in [5, 5.41) is 11.0. The SMILES string of the molecule is COc1ccc(CC(=O)c2ccccc2[N+](=O)[O-])cc1OC. The Morgan fingerprint density at radius 1 is 1.09 bits per heavy atom. The van der Waals surface area contributed by atoms with Crippen LogP contribution in [0.3, 0.4) is 0 Å². The Hall–Kier alpha value is -2.89. The Labute approximate surface area is 127 Å². The van der Waals surface area contributed by atoms with Crippen molar-refractivity contribution in [2.75, 3.05) is 14.2 Å². The molecule has 0 aliphatic carbocycles. The lowest BCUT2D eigenvalue weighted by atomic mass is 10.0. The first-order valence-electron chi connectivity index (χ1n) is 6.54. The summed E-state index contributed by atoms with van der Waals surface area (Å²) < 4.78 is 10.3. The molecule has 0 atom stereocenters. The summed E-state index contributed by atoms with van der Waals surface area (Å²) in [5.74, 6) is 0.749. The predicted octanol–water partition coefficient (Wildman–Crippen LogP) is 3.04. The molecule has 0 heterocycles. The van der Waals surface area contributed by atoms with Crippen LogP contribution in [0.4, 0.5) is 5.69 Å². The number of nitro groups is 1. The molecule has 0 fully saturated rings. The van der Waals surface area contributed by atoms with Crippen LogP contribution in [0, 0.1) is 10.1 Å². The fourth-order valence-corrected chi connectivity index (χ4v) is 2.14. The van der Waals surface area contributed by atoms with Crippen molar-refractivity contribution in [2.24, 2.45) is 0 Å². The molecule has 0 aliphatic rings. The van der Waals surface area contributed by atoms with Gasteiger partial charge in [0.25, 0.3) is 5.69 Å². The van der Waals surface area contributed by atoms with E-state index < -0.39 is 4.92 Å². The van der Waals surface area contributed by atoms with Crippen molar-refractivity contribution >= 4 is 11.5 Å². The van der Waals surface area contributed by atoms with Crippen LogP contribution < -0.4 is 9.47 Å². The number of carbonyl (C=O) groups is 1. The third-order valence-corrected chi connectivity index (χ3v) is 3.21. The molecule has 6 heteroatoms. The molecule has 2 aromatic carbocycles. The first kappa shape index (κ1) is 15.5. The van der Waals surface area contributed by atoms with Crippen molar-refractivity contribution in [3.63, 3.8) is 0 Å². The highest BCUT2D eigenvalue weighted by atomic mass is 16.6. The minimum Gasteiger partial charge on any atom is -0.493 e. The van der Waals surface area contributed by atoms with Crippen molar-refractivity contribution in [3.05, 3.63) is 63.7 Å². The Kier molecular flexibility index (Phi) is 4.73. The van der Waals surface area contributed by atoms with E-state index in [9.17, 15) is 14.9 Å². The number of para-hydroxylation sites is 1. The molecule has 0 aliphatic heterocycles. The molecule has 0 unspecified atom stereocenters. The van der Waals surface area contributed by atoms with Gasteiger partial charge in [-0.3, -0.25) is 14.9 Å². The summed E-state index contributed by atoms with van der Waals surface area (Å²) in [6.45, 7) is 0. The molecule has 0 saturated heterocycles. The van der Waals surface area contributed by atoms with Crippen LogP contribution in [0.2, 0.25) is 0 Å². The predicted molar refractivity (Wildman–Crippen MR) is 80.7 cm³/mol. The van der Waals surface area contributed by atoms with Crippen molar-refractivity contribution in [1.29, 1.82) is 0 Å². The fraction of sp³-hybridized carbons (Fsp3) is 0.188. The zero-order chi connectivity index (χ0) is 16.1. The number of methoxy groups -OCH3 is 2. The van der Waals surface area contributed by atoms with Crippen LogP contribution in [0.25, 0.3) is 0 Å². The maximum absolute atomic E-state index is 12.3. The Bertz CT molecular complexity index is 711. The van der Waals surface area contributed by atoms with E-state index in [2.05, 4.69) is 0 Å². The minimum absolute atomic E-state index is 0.0468. The molecule has 114 valence electrons. The van der Waals surface area contributed by atoms with E-state index in [1.807, 2.05) is 0 Å². The van der Waals surface area contributed by atoms with Crippen molar-refractivity contribution in [1.82, 2.24) is 0 Å². The quantitative estimate of drug-likeness (QED) is 0.465. The van der Waals surface area contributed by atoms with E-state index in [4.69, 9.17) is 9.47 Å². The van der Waals surface area contributed by atoms with Gasteiger partial charge in [-0.05, 0) is 23.8 Å². The van der Waals surface area contributed by atoms with Gasteiger partial charge in [0.05, 0.1) is 24.7 Å². The van der Waals surface area contributed by atoms with Gasteiger partial charge in [0.1, 0.15) is 0 Å². The van der Waals surface area contributed by atoms with Crippen LogP contribution in [0.1, 0.15) is 15.9 Å². The van der Waals surface area contributed by atoms with Gasteiger partial charge in [0.2, 0.25) is 0 Å². The number of nitrogens with zero attached hydrogens (tertiary/aromatic N) is 1. The molecular weight excluding hydrogens is 286 g/mol. The van der Waals surface area contributed by atoms with E-state index in [-0.39, 0.29) is 23.5 Å². The van der Waals surface area contributed by atoms with Crippen molar-refractivity contribution in [3.8, 4) is 11.5 Å². The lowest BCUT2D eigenvalue weighted by Crippen LogP contribution is -2.07. The molecule has 0 amide bonds. The number of nitro benzene ring substituents is 1. The highest BCUT2D eigenvalue weighted by Crippen LogP contribution is 2.28. The van der Waals surface area contributed by atoms with Crippen LogP contribution in [0.5, 0.6) is 11.5 Å². The highest BCUT2D eigenvalue weighted by molar-refractivity contribution is 6.01. The van der Waals surface area contributed by atoms with Gasteiger partial charge in [-0.15, -0.1) is 0 Å². The van der Waals surface area contributed by atoms with Gasteiger partial charge in [-0.25, -0.2) is 0 Å². The normalized spacial score (nSPS) is 10.1. The number of ether oxygens (including phenoxy) is 2. The summed E-state index contributed by atoms with van der Waals surface area (Å²) in [7, 11) is 3.03. The number of hydrogen-bond acceptors (Lipinski definition) is 5. The van der Waals surface area contributed by atoms with Gasteiger partial charge in [-0.2, -0.15) is 0 Å². The molecule has 0 aromatic heterocycles. The molecule has 22 heavy (non-hydrogen) atoms. The monoisotopic (exact) mass is 301 g/mol. The molecule has 0 bridgehead atoms. The molecule has 0 saturated carbocycles. The average Bonchev–Trinajstić information content (AvgIpc) is 2.54. The Balaban J connectivity index is 2.28. The third-order valence-electron chi connectivity index (χ3n) is 3.21. The van der Waals surface area contributed by atoms with Crippen LogP contribution in [-0.2, 0) is 6.42 Å². The Morgan fingerprint density at radius 3 is 2.41 bits per heavy atom. The summed E-state index contributed by atoms with van der Waals surface area (Å²) in [4.78, 5) is 22.7. The summed E-state index contributed by atoms with van der Waals surface area (Å²) in [6, 6.07) is 11.0. The molecule has 2 aromatic rings. The summed E-state index contributed by atoms with van der Waals surface area (Å²) >= 11 is 0. The summed E-state index contributed by atoms with van der Waals surface area (Å²) in [5.41, 5.74) is 0.607. The van der Waals surface area contributed by atoms with Gasteiger partial charge in [-0.1, -0.05) is 18.2 Å². The molecule has 0 spiro atoms. The zero-order valence-electron chi connectivity index (χ0n) is 12.2. The largest absolute Gasteiger partial charge is 0.493 e. The van der Waals surface area contributed by atoms with Gasteiger partial charge < -0.3 is 9.47 Å². The van der Waals surface area contributed by atoms with Crippen molar-refractivity contribution < 1.29 is 19.2 Å². The standard InChI is InChI=1S/C16H15NO5/c1-21-15-8-7-11(10-16(15)22-2)9-14(18)12-5-3-4-6-13(12)17(19)20/h3-8,10H,9H2,1-2H3. The second-order valence-corrected chi connectivity index (χ2v) is 4.56. The van der Waals surface area contributed by atoms with E-state index in [0.717, 1.165) is 0 Å². The highest BCUT2D eigenvalue weighted by Gasteiger charge is 2.19. The number of ketones is 1. The molecular formula is C16H15NO5. The van der Waals surface area contributed by atoms with E-state index >= 15 is 0 Å². The molecule has 2 rings (SSSR count). The second-order valence-electron chi connectivity index (χ2n) is 4.56. The number of Topliss-reactive ketones (excluding diaryl/α,β-unsaturated/α-hetero) is 1. The first-order chi connectivity index (χ1) is 10.6. The zero-order valence-corrected chi connectivity index (χ0v) is 12.2. The fourth-order valence-electron chi connectivity index (χ4n) is 2.14. The van der Waals surface area contributed by atoms with Crippen LogP contribution in [0.15, 0.2) is 42.5 Å². The first-order valence-corrected chi connectivity index (χ1v) is 6.54. The third kappa shape index (κ3) is 3.22. The van der Waals surface area contributed by atoms with E-state index in [1.165, 1.54) is 32.4 Å². The molecule has 6 nitrogen and oxygen atoms in total. The van der Waals surface area contributed by atoms with Crippen LogP contribution >= 0.6 is 0 Å². The smallest absolute Gasteiger partial charge is 0.280 e. The minimum atomic E-state index is -0.554. The lowest BCUT2D eigenvalue weighted by molar-refractivity contribution is -0.385. The second kappa shape index (κ2) is 6.71. The van der Waals surface area contributed by atoms with Crippen LogP contribution in [-0.4, -0.2) is 24.9 Å². The number of hydrogen-bond donors (Lipinski definition) is 0. The number of rotatable bonds is 6. The van der Waals surface area contributed by atoms with E-state index in [0.29, 0.717) is 17.1 Å². The lowest BCUT2D eigenvalue weighted by Gasteiger charge is -2.09. The van der Waals surface area contributed by atoms with Gasteiger partial charge in [0.15, 0.2) is 17.3 Å². The summed E-state index contributed by atoms with van der Waals surface area (Å²) in [6.07, 6.45) is 0.0468. The van der Waals surface area contributed by atoms with E-state index in [1.54, 1.807) is 24.3 Å². The van der Waals surface area contributed by atoms with Gasteiger partial charge in [0, 0.05) is 12.5 Å². The topological polar surface area (TPSA) is 78.7 Å². The maximum Gasteiger partial charge on any atom is 0.280 e. The Morgan fingerprint density at radius 2 is 1.77 bits per heavy atom. The maximum atomic E-state index is 12.3.